The first-order chi connectivity index (χ1) is 5.74. The van der Waals surface area contributed by atoms with Crippen LogP contribution in [0.2, 0.25) is 0 Å². The molecule has 12 heavy (non-hydrogen) atoms. The van der Waals surface area contributed by atoms with Crippen molar-refractivity contribution in [2.75, 3.05) is 13.7 Å². The molecular formula is C10H20O2. The molecule has 72 valence electrons. The number of aliphatic hydroxyl groups excluding tert-OH is 1. The van der Waals surface area contributed by atoms with Crippen LogP contribution in [0.5, 0.6) is 0 Å². The second-order valence-electron chi connectivity index (χ2n) is 4.05. The van der Waals surface area contributed by atoms with Crippen LogP contribution in [0.4, 0.5) is 0 Å². The molecule has 2 nitrogen and oxygen atoms in total. The molecule has 2 heteroatoms. The van der Waals surface area contributed by atoms with Crippen LogP contribution >= 0.6 is 0 Å². The standard InChI is InChI=1S/C10H20O2/c1-8-4-3-5-9(6-8)10(11)7-12-2/h8-11H,3-7H2,1-2H3. The molecule has 0 radical (unpaired) electrons. The summed E-state index contributed by atoms with van der Waals surface area (Å²) in [5.41, 5.74) is 0. The topological polar surface area (TPSA) is 29.5 Å². The quantitative estimate of drug-likeness (QED) is 0.703. The van der Waals surface area contributed by atoms with E-state index >= 15 is 0 Å². The van der Waals surface area contributed by atoms with Crippen molar-refractivity contribution in [3.05, 3.63) is 0 Å². The van der Waals surface area contributed by atoms with Gasteiger partial charge in [-0.05, 0) is 24.7 Å². The number of aliphatic hydroxyl groups is 1. The average Bonchev–Trinajstić information content (AvgIpc) is 2.05. The van der Waals surface area contributed by atoms with Gasteiger partial charge >= 0.3 is 0 Å². The van der Waals surface area contributed by atoms with E-state index in [-0.39, 0.29) is 6.10 Å². The Kier molecular flexibility index (Phi) is 4.02. The summed E-state index contributed by atoms with van der Waals surface area (Å²) < 4.78 is 4.94. The molecule has 1 fully saturated rings. The predicted molar refractivity (Wildman–Crippen MR) is 49.0 cm³/mol. The van der Waals surface area contributed by atoms with E-state index in [2.05, 4.69) is 6.92 Å². The Morgan fingerprint density at radius 1 is 1.50 bits per heavy atom. The summed E-state index contributed by atoms with van der Waals surface area (Å²) in [6.45, 7) is 2.77. The maximum absolute atomic E-state index is 9.67. The predicted octanol–water partition coefficient (Wildman–Crippen LogP) is 1.82. The van der Waals surface area contributed by atoms with E-state index in [9.17, 15) is 5.11 Å². The lowest BCUT2D eigenvalue weighted by atomic mass is 9.80. The van der Waals surface area contributed by atoms with Crippen LogP contribution in [0.1, 0.15) is 32.6 Å². The lowest BCUT2D eigenvalue weighted by Crippen LogP contribution is -2.29. The molecule has 1 rings (SSSR count). The van der Waals surface area contributed by atoms with Crippen LogP contribution < -0.4 is 0 Å². The van der Waals surface area contributed by atoms with Gasteiger partial charge < -0.3 is 9.84 Å². The third kappa shape index (κ3) is 2.76. The summed E-state index contributed by atoms with van der Waals surface area (Å²) in [6.07, 6.45) is 4.71. The average molecular weight is 172 g/mol. The van der Waals surface area contributed by atoms with Crippen molar-refractivity contribution in [2.45, 2.75) is 38.7 Å². The van der Waals surface area contributed by atoms with Gasteiger partial charge in [0.1, 0.15) is 0 Å². The molecule has 1 aliphatic rings. The van der Waals surface area contributed by atoms with Gasteiger partial charge in [0, 0.05) is 7.11 Å². The van der Waals surface area contributed by atoms with Crippen LogP contribution in [0.15, 0.2) is 0 Å². The first-order valence-corrected chi connectivity index (χ1v) is 4.91. The molecule has 1 N–H and O–H groups in total. The molecule has 0 bridgehead atoms. The molecule has 0 amide bonds. The minimum Gasteiger partial charge on any atom is -0.390 e. The number of ether oxygens (including phenoxy) is 1. The minimum atomic E-state index is -0.238. The molecular weight excluding hydrogens is 152 g/mol. The maximum Gasteiger partial charge on any atom is 0.0801 e. The normalized spacial score (nSPS) is 33.2. The maximum atomic E-state index is 9.67. The van der Waals surface area contributed by atoms with Crippen molar-refractivity contribution < 1.29 is 9.84 Å². The SMILES string of the molecule is COCC(O)C1CCCC(C)C1. The van der Waals surface area contributed by atoms with E-state index in [4.69, 9.17) is 4.74 Å². The second kappa shape index (κ2) is 4.83. The number of methoxy groups -OCH3 is 1. The molecule has 3 atom stereocenters. The lowest BCUT2D eigenvalue weighted by Gasteiger charge is -2.29. The van der Waals surface area contributed by atoms with Crippen molar-refractivity contribution in [3.63, 3.8) is 0 Å². The largest absolute Gasteiger partial charge is 0.390 e. The number of rotatable bonds is 3. The highest BCUT2D eigenvalue weighted by atomic mass is 16.5. The summed E-state index contributed by atoms with van der Waals surface area (Å²) in [4.78, 5) is 0. The van der Waals surface area contributed by atoms with Crippen molar-refractivity contribution in [1.29, 1.82) is 0 Å². The molecule has 0 aromatic rings. The molecule has 0 aliphatic heterocycles. The zero-order chi connectivity index (χ0) is 8.97. The van der Waals surface area contributed by atoms with E-state index in [1.165, 1.54) is 25.7 Å². The van der Waals surface area contributed by atoms with Crippen LogP contribution in [-0.2, 0) is 4.74 Å². The Hall–Kier alpha value is -0.0800. The molecule has 0 saturated heterocycles. The number of hydrogen-bond donors (Lipinski definition) is 1. The lowest BCUT2D eigenvalue weighted by molar-refractivity contribution is 0.00685. The van der Waals surface area contributed by atoms with Gasteiger partial charge in [-0.2, -0.15) is 0 Å². The Morgan fingerprint density at radius 2 is 2.25 bits per heavy atom. The van der Waals surface area contributed by atoms with Gasteiger partial charge in [0.25, 0.3) is 0 Å². The summed E-state index contributed by atoms with van der Waals surface area (Å²) in [7, 11) is 1.65. The Bertz CT molecular complexity index is 125. The molecule has 0 aromatic carbocycles. The molecule has 1 aliphatic carbocycles. The van der Waals surface area contributed by atoms with E-state index < -0.39 is 0 Å². The summed E-state index contributed by atoms with van der Waals surface area (Å²) in [5, 5.41) is 9.67. The van der Waals surface area contributed by atoms with Gasteiger partial charge in [-0.1, -0.05) is 19.8 Å². The molecule has 0 aromatic heterocycles. The molecule has 3 unspecified atom stereocenters. The fraction of sp³-hybridized carbons (Fsp3) is 1.00. The van der Waals surface area contributed by atoms with Gasteiger partial charge in [0.2, 0.25) is 0 Å². The smallest absolute Gasteiger partial charge is 0.0801 e. The summed E-state index contributed by atoms with van der Waals surface area (Å²) in [6, 6.07) is 0. The fourth-order valence-electron chi connectivity index (χ4n) is 2.14. The van der Waals surface area contributed by atoms with Crippen LogP contribution in [0.3, 0.4) is 0 Å². The first kappa shape index (κ1) is 10.0. The van der Waals surface area contributed by atoms with Gasteiger partial charge in [-0.15, -0.1) is 0 Å². The van der Waals surface area contributed by atoms with Gasteiger partial charge in [0.15, 0.2) is 0 Å². The van der Waals surface area contributed by atoms with E-state index in [0.29, 0.717) is 12.5 Å². The Labute approximate surface area is 74.9 Å². The van der Waals surface area contributed by atoms with E-state index in [1.54, 1.807) is 7.11 Å². The molecule has 0 heterocycles. The highest BCUT2D eigenvalue weighted by Gasteiger charge is 2.24. The van der Waals surface area contributed by atoms with Crippen LogP contribution in [-0.4, -0.2) is 24.9 Å². The van der Waals surface area contributed by atoms with Gasteiger partial charge in [-0.25, -0.2) is 0 Å². The highest BCUT2D eigenvalue weighted by Crippen LogP contribution is 2.30. The van der Waals surface area contributed by atoms with Crippen LogP contribution in [0, 0.1) is 11.8 Å². The Morgan fingerprint density at radius 3 is 2.83 bits per heavy atom. The van der Waals surface area contributed by atoms with Crippen molar-refractivity contribution in [1.82, 2.24) is 0 Å². The summed E-state index contributed by atoms with van der Waals surface area (Å²) in [5.74, 6) is 1.27. The molecule has 0 spiro atoms. The van der Waals surface area contributed by atoms with Crippen molar-refractivity contribution in [2.24, 2.45) is 11.8 Å². The monoisotopic (exact) mass is 172 g/mol. The van der Waals surface area contributed by atoms with Crippen LogP contribution in [0.25, 0.3) is 0 Å². The molecule has 1 saturated carbocycles. The highest BCUT2D eigenvalue weighted by molar-refractivity contribution is 4.75. The Balaban J connectivity index is 2.29. The third-order valence-electron chi connectivity index (χ3n) is 2.86. The zero-order valence-electron chi connectivity index (χ0n) is 8.12. The first-order valence-electron chi connectivity index (χ1n) is 4.91. The third-order valence-corrected chi connectivity index (χ3v) is 2.86. The van der Waals surface area contributed by atoms with Gasteiger partial charge in [0.05, 0.1) is 12.7 Å². The van der Waals surface area contributed by atoms with Gasteiger partial charge in [-0.3, -0.25) is 0 Å². The van der Waals surface area contributed by atoms with Crippen molar-refractivity contribution in [3.8, 4) is 0 Å². The zero-order valence-corrected chi connectivity index (χ0v) is 8.12. The fourth-order valence-corrected chi connectivity index (χ4v) is 2.14. The van der Waals surface area contributed by atoms with E-state index in [0.717, 1.165) is 5.92 Å². The van der Waals surface area contributed by atoms with E-state index in [1.807, 2.05) is 0 Å². The second-order valence-corrected chi connectivity index (χ2v) is 4.05. The minimum absolute atomic E-state index is 0.238. The number of hydrogen-bond acceptors (Lipinski definition) is 2. The van der Waals surface area contributed by atoms with Crippen molar-refractivity contribution >= 4 is 0 Å². The summed E-state index contributed by atoms with van der Waals surface area (Å²) >= 11 is 0.